The van der Waals surface area contributed by atoms with Crippen molar-refractivity contribution < 1.29 is 0 Å². The second-order valence-corrected chi connectivity index (χ2v) is 5.33. The number of thioether (sulfide) groups is 1. The van der Waals surface area contributed by atoms with E-state index in [0.717, 1.165) is 22.6 Å². The molecule has 3 nitrogen and oxygen atoms in total. The van der Waals surface area contributed by atoms with Gasteiger partial charge in [0, 0.05) is 16.7 Å². The van der Waals surface area contributed by atoms with Gasteiger partial charge >= 0.3 is 0 Å². The van der Waals surface area contributed by atoms with Crippen molar-refractivity contribution in [1.82, 2.24) is 10.2 Å². The third-order valence-electron chi connectivity index (χ3n) is 2.73. The zero-order chi connectivity index (χ0) is 14.4. The average molecular weight is 284 g/mol. The number of aromatic nitrogens is 2. The number of hydrogen-bond donors (Lipinski definition) is 1. The Kier molecular flexibility index (Phi) is 4.96. The van der Waals surface area contributed by atoms with Gasteiger partial charge in [-0.25, -0.2) is 5.10 Å². The summed E-state index contributed by atoms with van der Waals surface area (Å²) in [5, 5.41) is 6.49. The summed E-state index contributed by atoms with van der Waals surface area (Å²) >= 11 is 1.74. The highest BCUT2D eigenvalue weighted by molar-refractivity contribution is 7.99. The van der Waals surface area contributed by atoms with Crippen molar-refractivity contribution in [3.63, 3.8) is 0 Å². The number of nitrogens with one attached hydrogen (secondary N) is 1. The Morgan fingerprint density at radius 1 is 1.35 bits per heavy atom. The van der Waals surface area contributed by atoms with E-state index in [1.807, 2.05) is 37.3 Å². The quantitative estimate of drug-likeness (QED) is 0.675. The maximum atomic E-state index is 11.1. The first kappa shape index (κ1) is 14.3. The first-order chi connectivity index (χ1) is 9.70. The van der Waals surface area contributed by atoms with E-state index >= 15 is 0 Å². The van der Waals surface area contributed by atoms with Crippen LogP contribution in [0.4, 0.5) is 0 Å². The maximum Gasteiger partial charge on any atom is 0.264 e. The second-order valence-electron chi connectivity index (χ2n) is 4.27. The molecule has 0 unspecified atom stereocenters. The number of aryl methyl sites for hydroxylation is 1. The van der Waals surface area contributed by atoms with Gasteiger partial charge in [-0.15, -0.1) is 18.3 Å². The van der Waals surface area contributed by atoms with Gasteiger partial charge in [0.05, 0.1) is 5.69 Å². The average Bonchev–Trinajstić information content (AvgIpc) is 2.45. The summed E-state index contributed by atoms with van der Waals surface area (Å²) in [6.45, 7) is 5.61. The number of nitrogens with zero attached hydrogens (tertiary/aromatic N) is 1. The van der Waals surface area contributed by atoms with Crippen molar-refractivity contribution in [3.8, 4) is 0 Å². The molecular formula is C16H16N2OS. The molecule has 0 radical (unpaired) electrons. The summed E-state index contributed by atoms with van der Waals surface area (Å²) in [5.41, 5.74) is 2.59. The van der Waals surface area contributed by atoms with Crippen LogP contribution in [0.5, 0.6) is 0 Å². The number of hydrogen-bond acceptors (Lipinski definition) is 3. The molecule has 1 aromatic heterocycles. The van der Waals surface area contributed by atoms with Crippen LogP contribution in [-0.4, -0.2) is 16.0 Å². The topological polar surface area (TPSA) is 45.8 Å². The molecule has 0 aliphatic carbocycles. The van der Waals surface area contributed by atoms with Crippen LogP contribution in [-0.2, 0) is 0 Å². The molecule has 0 bridgehead atoms. The zero-order valence-electron chi connectivity index (χ0n) is 11.3. The van der Waals surface area contributed by atoms with Crippen LogP contribution in [0, 0.1) is 6.92 Å². The maximum absolute atomic E-state index is 11.1. The molecule has 4 heteroatoms. The van der Waals surface area contributed by atoms with Gasteiger partial charge in [0.25, 0.3) is 5.56 Å². The van der Waals surface area contributed by atoms with Crippen molar-refractivity contribution in [2.24, 2.45) is 0 Å². The Morgan fingerprint density at radius 3 is 2.90 bits per heavy atom. The minimum atomic E-state index is -0.179. The normalized spacial score (nSPS) is 10.8. The summed E-state index contributed by atoms with van der Waals surface area (Å²) in [5.74, 6) is 0.876. The van der Waals surface area contributed by atoms with E-state index in [4.69, 9.17) is 0 Å². The Balaban J connectivity index is 2.26. The Hall–Kier alpha value is -2.07. The summed E-state index contributed by atoms with van der Waals surface area (Å²) in [6.07, 6.45) is 5.82. The van der Waals surface area contributed by atoms with Crippen LogP contribution in [0.3, 0.4) is 0 Å². The summed E-state index contributed by atoms with van der Waals surface area (Å²) in [6, 6.07) is 9.71. The minimum Gasteiger partial charge on any atom is -0.268 e. The van der Waals surface area contributed by atoms with Crippen LogP contribution in [0.25, 0.3) is 12.2 Å². The summed E-state index contributed by atoms with van der Waals surface area (Å²) in [7, 11) is 0. The molecule has 102 valence electrons. The monoisotopic (exact) mass is 284 g/mol. The number of benzene rings is 1. The van der Waals surface area contributed by atoms with Gasteiger partial charge in [-0.2, -0.15) is 5.10 Å². The number of rotatable bonds is 5. The van der Waals surface area contributed by atoms with Crippen molar-refractivity contribution in [3.05, 3.63) is 70.2 Å². The molecule has 0 amide bonds. The Morgan fingerprint density at radius 2 is 2.15 bits per heavy atom. The molecule has 2 aromatic rings. The Bertz CT molecular complexity index is 689. The first-order valence-electron chi connectivity index (χ1n) is 6.28. The van der Waals surface area contributed by atoms with Crippen LogP contribution in [0.2, 0.25) is 0 Å². The lowest BCUT2D eigenvalue weighted by Crippen LogP contribution is -2.08. The van der Waals surface area contributed by atoms with Gasteiger partial charge in [-0.1, -0.05) is 30.4 Å². The third kappa shape index (κ3) is 3.71. The van der Waals surface area contributed by atoms with Gasteiger partial charge in [0.15, 0.2) is 0 Å². The van der Waals surface area contributed by atoms with Crippen LogP contribution in [0.15, 0.2) is 52.7 Å². The fourth-order valence-corrected chi connectivity index (χ4v) is 2.52. The number of aromatic amines is 1. The minimum absolute atomic E-state index is 0.179. The van der Waals surface area contributed by atoms with Gasteiger partial charge in [-0.3, -0.25) is 4.79 Å². The molecule has 0 spiro atoms. The first-order valence-corrected chi connectivity index (χ1v) is 7.26. The zero-order valence-corrected chi connectivity index (χ0v) is 12.1. The molecule has 0 aliphatic heterocycles. The lowest BCUT2D eigenvalue weighted by Gasteiger charge is -2.04. The van der Waals surface area contributed by atoms with E-state index in [1.54, 1.807) is 17.8 Å². The fourth-order valence-electron chi connectivity index (χ4n) is 1.74. The second kappa shape index (κ2) is 6.91. The van der Waals surface area contributed by atoms with Crippen LogP contribution in [0.1, 0.15) is 16.8 Å². The molecular weight excluding hydrogens is 268 g/mol. The lowest BCUT2D eigenvalue weighted by atomic mass is 10.1. The smallest absolute Gasteiger partial charge is 0.264 e. The van der Waals surface area contributed by atoms with E-state index in [1.165, 1.54) is 4.90 Å². The van der Waals surface area contributed by atoms with E-state index in [2.05, 4.69) is 28.9 Å². The van der Waals surface area contributed by atoms with Crippen LogP contribution < -0.4 is 5.56 Å². The molecule has 1 heterocycles. The largest absolute Gasteiger partial charge is 0.268 e. The molecule has 0 saturated carbocycles. The van der Waals surface area contributed by atoms with E-state index < -0.39 is 0 Å². The molecule has 0 atom stereocenters. The number of H-pyrrole nitrogens is 1. The molecule has 1 aromatic carbocycles. The summed E-state index contributed by atoms with van der Waals surface area (Å²) < 4.78 is 0. The summed E-state index contributed by atoms with van der Waals surface area (Å²) in [4.78, 5) is 12.3. The van der Waals surface area contributed by atoms with Crippen LogP contribution >= 0.6 is 11.8 Å². The van der Waals surface area contributed by atoms with Crippen molar-refractivity contribution in [2.75, 3.05) is 5.75 Å². The predicted octanol–water partition coefficient (Wildman–Crippen LogP) is 3.53. The molecule has 0 saturated heterocycles. The highest BCUT2D eigenvalue weighted by atomic mass is 32.2. The fraction of sp³-hybridized carbons (Fsp3) is 0.125. The van der Waals surface area contributed by atoms with Gasteiger partial charge in [0.1, 0.15) is 0 Å². The molecule has 20 heavy (non-hydrogen) atoms. The van der Waals surface area contributed by atoms with Gasteiger partial charge in [0.2, 0.25) is 0 Å². The highest BCUT2D eigenvalue weighted by Gasteiger charge is 2.00. The van der Waals surface area contributed by atoms with E-state index in [0.29, 0.717) is 0 Å². The van der Waals surface area contributed by atoms with Crippen molar-refractivity contribution in [2.45, 2.75) is 11.8 Å². The molecule has 0 aliphatic rings. The molecule has 1 N–H and O–H groups in total. The molecule has 2 rings (SSSR count). The predicted molar refractivity (Wildman–Crippen MR) is 85.9 cm³/mol. The van der Waals surface area contributed by atoms with Gasteiger partial charge < -0.3 is 0 Å². The van der Waals surface area contributed by atoms with Crippen molar-refractivity contribution >= 4 is 23.9 Å². The highest BCUT2D eigenvalue weighted by Crippen LogP contribution is 2.24. The van der Waals surface area contributed by atoms with Crippen molar-refractivity contribution in [1.29, 1.82) is 0 Å². The van der Waals surface area contributed by atoms with E-state index in [9.17, 15) is 4.79 Å². The van der Waals surface area contributed by atoms with Gasteiger partial charge in [-0.05, 0) is 30.2 Å². The Labute approximate surface area is 122 Å². The lowest BCUT2D eigenvalue weighted by molar-refractivity contribution is 0.961. The molecule has 0 fully saturated rings. The standard InChI is InChI=1S/C16H16N2OS/c1-3-10-20-15-7-5-4-6-13(15)8-9-14-12(2)11-16(19)18-17-14/h3-9,11H,1,10H2,2H3,(H,18,19)/b9-8+. The SMILES string of the molecule is C=CCSc1ccccc1/C=C/c1n[nH]c(=O)cc1C. The van der Waals surface area contributed by atoms with E-state index in [-0.39, 0.29) is 5.56 Å². The third-order valence-corrected chi connectivity index (χ3v) is 3.82.